The summed E-state index contributed by atoms with van der Waals surface area (Å²) in [7, 11) is 0. The third-order valence-corrected chi connectivity index (χ3v) is 4.06. The molecule has 15 heavy (non-hydrogen) atoms. The molecule has 1 saturated heterocycles. The van der Waals surface area contributed by atoms with Crippen molar-refractivity contribution in [3.63, 3.8) is 0 Å². The molecule has 1 aliphatic rings. The van der Waals surface area contributed by atoms with E-state index in [1.54, 1.807) is 0 Å². The van der Waals surface area contributed by atoms with Gasteiger partial charge >= 0.3 is 0 Å². The van der Waals surface area contributed by atoms with E-state index in [2.05, 4.69) is 45.5 Å². The Hall–Kier alpha value is -0.100. The van der Waals surface area contributed by atoms with Gasteiger partial charge in [-0.2, -0.15) is 5.10 Å². The highest BCUT2D eigenvalue weighted by Crippen LogP contribution is 2.19. The predicted molar refractivity (Wildman–Crippen MR) is 67.8 cm³/mol. The van der Waals surface area contributed by atoms with Crippen LogP contribution >= 0.6 is 22.6 Å². The Kier molecular flexibility index (Phi) is 4.02. The quantitative estimate of drug-likeness (QED) is 0.801. The van der Waals surface area contributed by atoms with E-state index < -0.39 is 0 Å². The first-order chi connectivity index (χ1) is 7.25. The largest absolute Gasteiger partial charge is 0.381 e. The van der Waals surface area contributed by atoms with E-state index >= 15 is 0 Å². The van der Waals surface area contributed by atoms with Crippen molar-refractivity contribution in [3.05, 3.63) is 15.5 Å². The van der Waals surface area contributed by atoms with Gasteiger partial charge in [0.1, 0.15) is 3.70 Å². The van der Waals surface area contributed by atoms with Crippen LogP contribution in [0.3, 0.4) is 0 Å². The van der Waals surface area contributed by atoms with Crippen molar-refractivity contribution in [1.82, 2.24) is 9.78 Å². The second kappa shape index (κ2) is 5.30. The fraction of sp³-hybridized carbons (Fsp3) is 0.727. The average Bonchev–Trinajstić information content (AvgIpc) is 2.57. The Bertz CT molecular complexity index is 299. The summed E-state index contributed by atoms with van der Waals surface area (Å²) in [5, 5.41) is 4.47. The fourth-order valence-corrected chi connectivity index (χ4v) is 2.38. The first-order valence-electron chi connectivity index (χ1n) is 5.53. The molecule has 2 heterocycles. The van der Waals surface area contributed by atoms with Crippen LogP contribution in [0.5, 0.6) is 0 Å². The van der Waals surface area contributed by atoms with E-state index in [-0.39, 0.29) is 0 Å². The minimum absolute atomic E-state index is 0.834. The van der Waals surface area contributed by atoms with Crippen molar-refractivity contribution in [2.45, 2.75) is 32.7 Å². The number of aromatic nitrogens is 2. The molecule has 0 unspecified atom stereocenters. The molecule has 84 valence electrons. The Morgan fingerprint density at radius 3 is 2.87 bits per heavy atom. The highest BCUT2D eigenvalue weighted by Gasteiger charge is 2.13. The van der Waals surface area contributed by atoms with E-state index in [0.717, 1.165) is 29.4 Å². The topological polar surface area (TPSA) is 27.1 Å². The molecule has 0 radical (unpaired) electrons. The molecule has 0 amide bonds. The Labute approximate surface area is 104 Å². The number of aryl methyl sites for hydroxylation is 2. The summed E-state index contributed by atoms with van der Waals surface area (Å²) < 4.78 is 8.55. The van der Waals surface area contributed by atoms with Gasteiger partial charge in [0.15, 0.2) is 0 Å². The van der Waals surface area contributed by atoms with Crippen LogP contribution in [-0.4, -0.2) is 23.0 Å². The van der Waals surface area contributed by atoms with Gasteiger partial charge in [-0.25, -0.2) is 0 Å². The van der Waals surface area contributed by atoms with E-state index in [4.69, 9.17) is 4.74 Å². The van der Waals surface area contributed by atoms with Gasteiger partial charge < -0.3 is 4.74 Å². The number of ether oxygens (including phenoxy) is 1. The molecule has 0 bridgehead atoms. The van der Waals surface area contributed by atoms with Gasteiger partial charge in [0.25, 0.3) is 0 Å². The molecular formula is C11H17IN2O. The van der Waals surface area contributed by atoms with Crippen LogP contribution in [0.15, 0.2) is 6.20 Å². The molecule has 0 N–H and O–H groups in total. The first-order valence-corrected chi connectivity index (χ1v) is 6.61. The summed E-state index contributed by atoms with van der Waals surface area (Å²) in [6.07, 6.45) is 5.82. The van der Waals surface area contributed by atoms with Crippen LogP contribution in [0.25, 0.3) is 0 Å². The van der Waals surface area contributed by atoms with Crippen LogP contribution in [0.1, 0.15) is 24.8 Å². The van der Waals surface area contributed by atoms with Gasteiger partial charge in [-0.05, 0) is 54.7 Å². The normalized spacial score (nSPS) is 18.3. The third kappa shape index (κ3) is 3.17. The fourth-order valence-electron chi connectivity index (χ4n) is 1.96. The molecular weight excluding hydrogens is 303 g/mol. The maximum Gasteiger partial charge on any atom is 0.126 e. The zero-order chi connectivity index (χ0) is 10.7. The summed E-state index contributed by atoms with van der Waals surface area (Å²) in [5.41, 5.74) is 1.28. The molecule has 0 atom stereocenters. The molecule has 3 nitrogen and oxygen atoms in total. The highest BCUT2D eigenvalue weighted by atomic mass is 127. The molecule has 0 saturated carbocycles. The van der Waals surface area contributed by atoms with Gasteiger partial charge in [0.05, 0.1) is 0 Å². The lowest BCUT2D eigenvalue weighted by Gasteiger charge is -2.21. The molecule has 1 aromatic rings. The molecule has 1 aliphatic heterocycles. The van der Waals surface area contributed by atoms with Crippen LogP contribution in [0.4, 0.5) is 0 Å². The maximum absolute atomic E-state index is 5.35. The van der Waals surface area contributed by atoms with Crippen molar-refractivity contribution in [1.29, 1.82) is 0 Å². The van der Waals surface area contributed by atoms with Gasteiger partial charge in [-0.3, -0.25) is 4.68 Å². The second-order valence-corrected chi connectivity index (χ2v) is 5.23. The zero-order valence-corrected chi connectivity index (χ0v) is 11.2. The van der Waals surface area contributed by atoms with Crippen LogP contribution in [-0.2, 0) is 11.3 Å². The lowest BCUT2D eigenvalue weighted by atomic mass is 9.97. The smallest absolute Gasteiger partial charge is 0.126 e. The second-order valence-electron chi connectivity index (χ2n) is 4.21. The average molecular weight is 320 g/mol. The molecule has 0 aliphatic carbocycles. The number of hydrogen-bond acceptors (Lipinski definition) is 2. The molecule has 4 heteroatoms. The van der Waals surface area contributed by atoms with Crippen LogP contribution < -0.4 is 0 Å². The highest BCUT2D eigenvalue weighted by molar-refractivity contribution is 14.1. The molecule has 1 fully saturated rings. The SMILES string of the molecule is Cc1cn(CCC2CCOCC2)nc1I. The molecule has 2 rings (SSSR count). The standard InChI is InChI=1S/C11H17IN2O/c1-9-8-14(13-11(9)12)5-2-10-3-6-15-7-4-10/h8,10H,2-7H2,1H3. The van der Waals surface area contributed by atoms with E-state index in [1.165, 1.54) is 24.8 Å². The summed E-state index contributed by atoms with van der Waals surface area (Å²) in [4.78, 5) is 0. The zero-order valence-electron chi connectivity index (χ0n) is 9.08. The number of rotatable bonds is 3. The Morgan fingerprint density at radius 2 is 2.27 bits per heavy atom. The number of nitrogens with zero attached hydrogens (tertiary/aromatic N) is 2. The van der Waals surface area contributed by atoms with Gasteiger partial charge in [-0.1, -0.05) is 0 Å². The van der Waals surface area contributed by atoms with Crippen LogP contribution in [0.2, 0.25) is 0 Å². The number of halogens is 1. The molecule has 0 aromatic carbocycles. The van der Waals surface area contributed by atoms with E-state index in [9.17, 15) is 0 Å². The molecule has 0 spiro atoms. The van der Waals surface area contributed by atoms with Gasteiger partial charge in [0.2, 0.25) is 0 Å². The lowest BCUT2D eigenvalue weighted by molar-refractivity contribution is 0.0623. The summed E-state index contributed by atoms with van der Waals surface area (Å²) in [6.45, 7) is 5.05. The molecule has 1 aromatic heterocycles. The first kappa shape index (κ1) is 11.4. The minimum atomic E-state index is 0.834. The van der Waals surface area contributed by atoms with E-state index in [1.807, 2.05) is 0 Å². The van der Waals surface area contributed by atoms with Crippen molar-refractivity contribution in [2.75, 3.05) is 13.2 Å². The lowest BCUT2D eigenvalue weighted by Crippen LogP contribution is -2.17. The summed E-state index contributed by atoms with van der Waals surface area (Å²) in [6, 6.07) is 0. The number of hydrogen-bond donors (Lipinski definition) is 0. The van der Waals surface area contributed by atoms with Crippen molar-refractivity contribution in [2.24, 2.45) is 5.92 Å². The van der Waals surface area contributed by atoms with Crippen molar-refractivity contribution in [3.8, 4) is 0 Å². The van der Waals surface area contributed by atoms with Gasteiger partial charge in [0, 0.05) is 31.5 Å². The van der Waals surface area contributed by atoms with E-state index in [0.29, 0.717) is 0 Å². The monoisotopic (exact) mass is 320 g/mol. The van der Waals surface area contributed by atoms with Crippen molar-refractivity contribution >= 4 is 22.6 Å². The third-order valence-electron chi connectivity index (χ3n) is 2.99. The predicted octanol–water partition coefficient (Wildman–Crippen LogP) is 2.61. The minimum Gasteiger partial charge on any atom is -0.381 e. The maximum atomic E-state index is 5.35. The van der Waals surface area contributed by atoms with Crippen LogP contribution in [0, 0.1) is 16.5 Å². The van der Waals surface area contributed by atoms with Crippen molar-refractivity contribution < 1.29 is 4.74 Å². The Morgan fingerprint density at radius 1 is 1.53 bits per heavy atom. The van der Waals surface area contributed by atoms with Gasteiger partial charge in [-0.15, -0.1) is 0 Å². The summed E-state index contributed by atoms with van der Waals surface area (Å²) >= 11 is 2.29. The summed E-state index contributed by atoms with van der Waals surface area (Å²) in [5.74, 6) is 0.834. The Balaban J connectivity index is 1.81.